The van der Waals surface area contributed by atoms with E-state index in [1.54, 1.807) is 15.8 Å². The number of anilines is 1. The first kappa shape index (κ1) is 16.4. The summed E-state index contributed by atoms with van der Waals surface area (Å²) in [5.41, 5.74) is 1.74. The topological polar surface area (TPSA) is 83.3 Å². The lowest BCUT2D eigenvalue weighted by Gasteiger charge is -2.31. The van der Waals surface area contributed by atoms with Crippen LogP contribution in [-0.2, 0) is 6.54 Å². The molecule has 7 nitrogen and oxygen atoms in total. The van der Waals surface area contributed by atoms with E-state index in [1.807, 2.05) is 31.2 Å². The summed E-state index contributed by atoms with van der Waals surface area (Å²) in [5, 5.41) is 16.6. The minimum absolute atomic E-state index is 0.117. The SMILES string of the molecule is Cc1cc(NC(=O)N2CCC(CO)CC2)n(Cc2ccccn2)n1. The Morgan fingerprint density at radius 3 is 2.83 bits per heavy atom. The van der Waals surface area contributed by atoms with Crippen molar-refractivity contribution < 1.29 is 9.90 Å². The summed E-state index contributed by atoms with van der Waals surface area (Å²) in [4.78, 5) is 18.6. The van der Waals surface area contributed by atoms with E-state index in [1.165, 1.54) is 0 Å². The maximum Gasteiger partial charge on any atom is 0.322 e. The number of amides is 2. The first-order valence-corrected chi connectivity index (χ1v) is 8.27. The van der Waals surface area contributed by atoms with E-state index in [2.05, 4.69) is 15.4 Å². The van der Waals surface area contributed by atoms with Gasteiger partial charge in [-0.05, 0) is 37.8 Å². The van der Waals surface area contributed by atoms with Gasteiger partial charge in [-0.1, -0.05) is 6.07 Å². The lowest BCUT2D eigenvalue weighted by molar-refractivity contribution is 0.143. The van der Waals surface area contributed by atoms with Crippen molar-refractivity contribution in [3.05, 3.63) is 41.9 Å². The maximum atomic E-state index is 12.5. The zero-order valence-electron chi connectivity index (χ0n) is 13.9. The minimum Gasteiger partial charge on any atom is -0.396 e. The van der Waals surface area contributed by atoms with Crippen molar-refractivity contribution in [3.63, 3.8) is 0 Å². The number of aliphatic hydroxyl groups is 1. The number of aromatic nitrogens is 3. The summed E-state index contributed by atoms with van der Waals surface area (Å²) >= 11 is 0. The van der Waals surface area contributed by atoms with Gasteiger partial charge in [0, 0.05) is 32.0 Å². The Morgan fingerprint density at radius 1 is 1.38 bits per heavy atom. The van der Waals surface area contributed by atoms with Crippen molar-refractivity contribution in [1.29, 1.82) is 0 Å². The Bertz CT molecular complexity index is 678. The molecule has 2 aromatic rings. The van der Waals surface area contributed by atoms with Gasteiger partial charge in [-0.3, -0.25) is 10.3 Å². The molecule has 0 aromatic carbocycles. The van der Waals surface area contributed by atoms with Gasteiger partial charge in [0.25, 0.3) is 0 Å². The molecule has 2 aromatic heterocycles. The summed E-state index contributed by atoms with van der Waals surface area (Å²) in [6.07, 6.45) is 3.43. The smallest absolute Gasteiger partial charge is 0.322 e. The highest BCUT2D eigenvalue weighted by Gasteiger charge is 2.23. The average Bonchev–Trinajstić information content (AvgIpc) is 2.95. The average molecular weight is 329 g/mol. The van der Waals surface area contributed by atoms with Gasteiger partial charge >= 0.3 is 6.03 Å². The van der Waals surface area contributed by atoms with Gasteiger partial charge in [-0.2, -0.15) is 5.10 Å². The van der Waals surface area contributed by atoms with Crippen molar-refractivity contribution in [2.24, 2.45) is 5.92 Å². The molecule has 2 N–H and O–H groups in total. The number of likely N-dealkylation sites (tertiary alicyclic amines) is 1. The third-order valence-corrected chi connectivity index (χ3v) is 4.33. The molecule has 3 rings (SSSR count). The zero-order valence-corrected chi connectivity index (χ0v) is 13.9. The van der Waals surface area contributed by atoms with Crippen molar-refractivity contribution in [3.8, 4) is 0 Å². The van der Waals surface area contributed by atoms with Gasteiger partial charge in [-0.15, -0.1) is 0 Å². The van der Waals surface area contributed by atoms with Crippen molar-refractivity contribution in [1.82, 2.24) is 19.7 Å². The third-order valence-electron chi connectivity index (χ3n) is 4.33. The number of pyridine rings is 1. The van der Waals surface area contributed by atoms with Crippen LogP contribution in [0.1, 0.15) is 24.2 Å². The highest BCUT2D eigenvalue weighted by Crippen LogP contribution is 2.18. The highest BCUT2D eigenvalue weighted by molar-refractivity contribution is 5.88. The monoisotopic (exact) mass is 329 g/mol. The molecule has 1 aliphatic heterocycles. The number of nitrogens with zero attached hydrogens (tertiary/aromatic N) is 4. The van der Waals surface area contributed by atoms with Crippen LogP contribution in [0.15, 0.2) is 30.5 Å². The van der Waals surface area contributed by atoms with Crippen LogP contribution >= 0.6 is 0 Å². The van der Waals surface area contributed by atoms with Crippen molar-refractivity contribution in [2.75, 3.05) is 25.0 Å². The first-order valence-electron chi connectivity index (χ1n) is 8.27. The van der Waals surface area contributed by atoms with Crippen LogP contribution in [0.4, 0.5) is 10.6 Å². The highest BCUT2D eigenvalue weighted by atomic mass is 16.3. The standard InChI is InChI=1S/C17H23N5O2/c1-13-10-16(22(20-13)11-15-4-2-3-7-18-15)19-17(24)21-8-5-14(12-23)6-9-21/h2-4,7,10,14,23H,5-6,8-9,11-12H2,1H3,(H,19,24). The molecule has 0 aliphatic carbocycles. The number of hydrogen-bond donors (Lipinski definition) is 2. The second-order valence-electron chi connectivity index (χ2n) is 6.19. The molecule has 0 saturated carbocycles. The first-order chi connectivity index (χ1) is 11.7. The number of hydrogen-bond acceptors (Lipinski definition) is 4. The quantitative estimate of drug-likeness (QED) is 0.897. The van der Waals surface area contributed by atoms with Gasteiger partial charge in [0.1, 0.15) is 5.82 Å². The predicted molar refractivity (Wildman–Crippen MR) is 90.7 cm³/mol. The molecule has 2 amide bonds. The zero-order chi connectivity index (χ0) is 16.9. The van der Waals surface area contributed by atoms with Crippen LogP contribution in [0, 0.1) is 12.8 Å². The largest absolute Gasteiger partial charge is 0.396 e. The van der Waals surface area contributed by atoms with E-state index in [9.17, 15) is 9.90 Å². The van der Waals surface area contributed by atoms with Crippen LogP contribution in [0.25, 0.3) is 0 Å². The van der Waals surface area contributed by atoms with Crippen LogP contribution < -0.4 is 5.32 Å². The number of carbonyl (C=O) groups excluding carboxylic acids is 1. The molecule has 24 heavy (non-hydrogen) atoms. The van der Waals surface area contributed by atoms with E-state index >= 15 is 0 Å². The normalized spacial score (nSPS) is 15.5. The molecule has 0 radical (unpaired) electrons. The molecule has 0 spiro atoms. The molecule has 0 unspecified atom stereocenters. The Balaban J connectivity index is 1.66. The molecule has 128 valence electrons. The van der Waals surface area contributed by atoms with Crippen molar-refractivity contribution >= 4 is 11.8 Å². The molecule has 0 atom stereocenters. The summed E-state index contributed by atoms with van der Waals surface area (Å²) in [6, 6.07) is 7.48. The lowest BCUT2D eigenvalue weighted by atomic mass is 9.98. The number of piperidine rings is 1. The van der Waals surface area contributed by atoms with Gasteiger partial charge in [0.2, 0.25) is 0 Å². The van der Waals surface area contributed by atoms with Gasteiger partial charge in [0.05, 0.1) is 17.9 Å². The van der Waals surface area contributed by atoms with E-state index in [4.69, 9.17) is 0 Å². The Kier molecular flexibility index (Phi) is 5.10. The molecule has 1 aliphatic rings. The van der Waals surface area contributed by atoms with Crippen LogP contribution in [0.5, 0.6) is 0 Å². The number of aryl methyl sites for hydroxylation is 1. The Labute approximate surface area is 141 Å². The minimum atomic E-state index is -0.117. The number of carbonyl (C=O) groups is 1. The van der Waals surface area contributed by atoms with Crippen molar-refractivity contribution in [2.45, 2.75) is 26.3 Å². The van der Waals surface area contributed by atoms with Gasteiger partial charge < -0.3 is 10.0 Å². The van der Waals surface area contributed by atoms with E-state index in [0.717, 1.165) is 24.2 Å². The fraction of sp³-hybridized carbons (Fsp3) is 0.471. The molecule has 7 heteroatoms. The van der Waals surface area contributed by atoms with Gasteiger partial charge in [0.15, 0.2) is 0 Å². The second-order valence-corrected chi connectivity index (χ2v) is 6.19. The summed E-state index contributed by atoms with van der Waals surface area (Å²) < 4.78 is 1.76. The third kappa shape index (κ3) is 3.91. The number of rotatable bonds is 4. The van der Waals surface area contributed by atoms with Gasteiger partial charge in [-0.25, -0.2) is 9.48 Å². The summed E-state index contributed by atoms with van der Waals surface area (Å²) in [6.45, 7) is 3.95. The second kappa shape index (κ2) is 7.44. The molecular weight excluding hydrogens is 306 g/mol. The fourth-order valence-corrected chi connectivity index (χ4v) is 2.92. The molecule has 1 saturated heterocycles. The maximum absolute atomic E-state index is 12.5. The van der Waals surface area contributed by atoms with E-state index < -0.39 is 0 Å². The van der Waals surface area contributed by atoms with Crippen LogP contribution in [-0.4, -0.2) is 50.5 Å². The van der Waals surface area contributed by atoms with Crippen LogP contribution in [0.3, 0.4) is 0 Å². The van der Waals surface area contributed by atoms with Crippen LogP contribution in [0.2, 0.25) is 0 Å². The number of aliphatic hydroxyl groups excluding tert-OH is 1. The molecule has 1 fully saturated rings. The Hall–Kier alpha value is -2.41. The predicted octanol–water partition coefficient (Wildman–Crippen LogP) is 1.87. The lowest BCUT2D eigenvalue weighted by Crippen LogP contribution is -2.41. The van der Waals surface area contributed by atoms with E-state index in [-0.39, 0.29) is 12.6 Å². The summed E-state index contributed by atoms with van der Waals surface area (Å²) in [5.74, 6) is 0.985. The molecule has 3 heterocycles. The van der Waals surface area contributed by atoms with E-state index in [0.29, 0.717) is 31.4 Å². The molecular formula is C17H23N5O2. The molecule has 0 bridgehead atoms. The Morgan fingerprint density at radius 2 is 2.17 bits per heavy atom. The fourth-order valence-electron chi connectivity index (χ4n) is 2.92. The summed E-state index contributed by atoms with van der Waals surface area (Å²) in [7, 11) is 0. The number of urea groups is 1. The number of nitrogens with one attached hydrogen (secondary N) is 1.